The molecule has 16 heteroatoms. The quantitative estimate of drug-likeness (QED) is 0.194. The molecule has 0 aliphatic carbocycles. The number of aryl methyl sites for hydroxylation is 1. The fraction of sp³-hybridized carbons (Fsp3) is 0.208. The minimum absolute atomic E-state index is 0.00732. The number of ether oxygens (including phenoxy) is 1. The van der Waals surface area contributed by atoms with Gasteiger partial charge in [-0.2, -0.15) is 18.3 Å². The maximum Gasteiger partial charge on any atom is 0.404 e. The molecule has 5 N–H and O–H groups in total. The van der Waals surface area contributed by atoms with Gasteiger partial charge in [-0.25, -0.2) is 12.8 Å². The van der Waals surface area contributed by atoms with Crippen molar-refractivity contribution in [2.45, 2.75) is 26.1 Å². The van der Waals surface area contributed by atoms with E-state index in [0.717, 1.165) is 6.07 Å². The topological polar surface area (TPSA) is 165 Å². The Kier molecular flexibility index (Phi) is 7.72. The summed E-state index contributed by atoms with van der Waals surface area (Å²) >= 11 is 0. The van der Waals surface area contributed by atoms with Crippen LogP contribution in [0.1, 0.15) is 34.7 Å². The third kappa shape index (κ3) is 6.88. The molecule has 4 rings (SSSR count). The number of nitrogens with zero attached hydrogens (tertiary/aromatic N) is 2. The van der Waals surface area contributed by atoms with E-state index < -0.39 is 39.8 Å². The second-order valence-corrected chi connectivity index (χ2v) is 10.4. The number of aromatic amines is 1. The van der Waals surface area contributed by atoms with E-state index in [1.54, 1.807) is 19.9 Å². The average Bonchev–Trinajstić information content (AvgIpc) is 3.45. The molecule has 0 saturated heterocycles. The number of halogens is 4. The van der Waals surface area contributed by atoms with Crippen LogP contribution in [0.25, 0.3) is 11.3 Å². The van der Waals surface area contributed by atoms with Gasteiger partial charge in [0.25, 0.3) is 5.91 Å². The number of benzene rings is 2. The molecule has 0 fully saturated rings. The summed E-state index contributed by atoms with van der Waals surface area (Å²) in [7, 11) is -4.87. The molecule has 2 aromatic carbocycles. The van der Waals surface area contributed by atoms with Crippen LogP contribution in [-0.2, 0) is 10.0 Å². The summed E-state index contributed by atoms with van der Waals surface area (Å²) in [6, 6.07) is 10.6. The van der Waals surface area contributed by atoms with E-state index >= 15 is 0 Å². The molecule has 2 heterocycles. The Bertz CT molecular complexity index is 1630. The zero-order valence-electron chi connectivity index (χ0n) is 20.8. The van der Waals surface area contributed by atoms with Crippen LogP contribution in [0, 0.1) is 12.7 Å². The number of anilines is 3. The van der Waals surface area contributed by atoms with Crippen molar-refractivity contribution in [3.05, 3.63) is 71.2 Å². The molecule has 0 saturated carbocycles. The summed E-state index contributed by atoms with van der Waals surface area (Å²) < 4.78 is 89.0. The lowest BCUT2D eigenvalue weighted by molar-refractivity contribution is -0.106. The molecule has 11 nitrogen and oxygen atoms in total. The molecular formula is C24H22F4N6O5S. The van der Waals surface area contributed by atoms with Crippen LogP contribution < -0.4 is 20.5 Å². The van der Waals surface area contributed by atoms with Crippen molar-refractivity contribution < 1.29 is 40.0 Å². The first-order valence-corrected chi connectivity index (χ1v) is 13.1. The average molecular weight is 583 g/mol. The Hall–Kier alpha value is -4.60. The van der Waals surface area contributed by atoms with Crippen LogP contribution in [0.5, 0.6) is 5.75 Å². The molecule has 0 bridgehead atoms. The van der Waals surface area contributed by atoms with Gasteiger partial charge in [-0.3, -0.25) is 14.6 Å². The Labute approximate surface area is 224 Å². The number of H-pyrrole nitrogens is 1. The molecular weight excluding hydrogens is 560 g/mol. The summed E-state index contributed by atoms with van der Waals surface area (Å²) in [4.78, 5) is 12.4. The second-order valence-electron chi connectivity index (χ2n) is 8.63. The summed E-state index contributed by atoms with van der Waals surface area (Å²) in [5, 5.41) is 13.3. The van der Waals surface area contributed by atoms with Crippen molar-refractivity contribution in [1.29, 1.82) is 0 Å². The largest absolute Gasteiger partial charge is 0.484 e. The predicted molar refractivity (Wildman–Crippen MR) is 136 cm³/mol. The molecule has 2 aromatic heterocycles. The van der Waals surface area contributed by atoms with Crippen LogP contribution >= 0.6 is 0 Å². The van der Waals surface area contributed by atoms with Crippen molar-refractivity contribution >= 4 is 33.3 Å². The fourth-order valence-electron chi connectivity index (χ4n) is 3.70. The Morgan fingerprint density at radius 3 is 2.48 bits per heavy atom. The van der Waals surface area contributed by atoms with Crippen molar-refractivity contribution in [3.63, 3.8) is 0 Å². The standard InChI is InChI=1S/C24H22F4N6O5S/c1-12-9-19(33-39-12)30-23-20(22(29)35)21(31-32-23)15-5-8-17(34-40(36,37)11-24(26,27)28)18(10-15)38-13(2)14-3-6-16(25)7-4-14/h3-10,13,34H,11H2,1-2H3,(H2,29,35)(H2,30,31,32,33)/t13-/m0/s1. The first-order valence-electron chi connectivity index (χ1n) is 11.4. The molecule has 0 spiro atoms. The Morgan fingerprint density at radius 2 is 1.88 bits per heavy atom. The van der Waals surface area contributed by atoms with Gasteiger partial charge in [0.05, 0.1) is 11.4 Å². The van der Waals surface area contributed by atoms with Crippen LogP contribution in [-0.4, -0.2) is 41.6 Å². The summed E-state index contributed by atoms with van der Waals surface area (Å²) in [6.45, 7) is 3.23. The lowest BCUT2D eigenvalue weighted by Crippen LogP contribution is -2.28. The van der Waals surface area contributed by atoms with Crippen molar-refractivity contribution in [2.75, 3.05) is 15.8 Å². The third-order valence-electron chi connectivity index (χ3n) is 5.42. The van der Waals surface area contributed by atoms with Crippen molar-refractivity contribution in [2.24, 2.45) is 5.73 Å². The van der Waals surface area contributed by atoms with E-state index in [2.05, 4.69) is 20.7 Å². The molecule has 0 unspecified atom stereocenters. The van der Waals surface area contributed by atoms with Crippen LogP contribution in [0.15, 0.2) is 53.1 Å². The molecule has 40 heavy (non-hydrogen) atoms. The molecule has 0 radical (unpaired) electrons. The Balaban J connectivity index is 1.75. The van der Waals surface area contributed by atoms with Crippen LogP contribution in [0.4, 0.5) is 34.9 Å². The van der Waals surface area contributed by atoms with E-state index in [-0.39, 0.29) is 39.9 Å². The summed E-state index contributed by atoms with van der Waals surface area (Å²) in [5.74, 6) is -2.97. The predicted octanol–water partition coefficient (Wildman–Crippen LogP) is 4.80. The van der Waals surface area contributed by atoms with E-state index in [1.807, 2.05) is 4.72 Å². The fourth-order valence-corrected chi connectivity index (χ4v) is 4.71. The van der Waals surface area contributed by atoms with Crippen LogP contribution in [0.2, 0.25) is 0 Å². The highest BCUT2D eigenvalue weighted by atomic mass is 32.2. The van der Waals surface area contributed by atoms with Crippen LogP contribution in [0.3, 0.4) is 0 Å². The van der Waals surface area contributed by atoms with E-state index in [9.17, 15) is 30.8 Å². The SMILES string of the molecule is Cc1cc(Nc2n[nH]c(-c3ccc(NS(=O)(=O)CC(F)(F)F)c(O[C@@H](C)c4ccc(F)cc4)c3)c2C(N)=O)no1. The minimum atomic E-state index is -4.99. The van der Waals surface area contributed by atoms with Gasteiger partial charge < -0.3 is 20.3 Å². The number of sulfonamides is 1. The van der Waals surface area contributed by atoms with Gasteiger partial charge in [-0.1, -0.05) is 23.4 Å². The van der Waals surface area contributed by atoms with Gasteiger partial charge in [-0.05, 0) is 43.7 Å². The number of nitrogens with two attached hydrogens (primary N) is 1. The number of nitrogens with one attached hydrogen (secondary N) is 3. The number of carbonyl (C=O) groups is 1. The lowest BCUT2D eigenvalue weighted by Gasteiger charge is -2.20. The monoisotopic (exact) mass is 582 g/mol. The van der Waals surface area contributed by atoms with Gasteiger partial charge >= 0.3 is 6.18 Å². The number of amides is 1. The number of aromatic nitrogens is 3. The second kappa shape index (κ2) is 10.9. The molecule has 212 valence electrons. The van der Waals surface area contributed by atoms with E-state index in [4.69, 9.17) is 15.0 Å². The number of hydrogen-bond acceptors (Lipinski definition) is 8. The molecule has 1 amide bonds. The first kappa shape index (κ1) is 28.4. The van der Waals surface area contributed by atoms with Gasteiger partial charge in [0.15, 0.2) is 17.4 Å². The zero-order valence-corrected chi connectivity index (χ0v) is 21.7. The first-order chi connectivity index (χ1) is 18.7. The number of carbonyl (C=O) groups excluding carboxylic acids is 1. The number of alkyl halides is 3. The van der Waals surface area contributed by atoms with E-state index in [1.165, 1.54) is 36.4 Å². The summed E-state index contributed by atoms with van der Waals surface area (Å²) in [6.07, 6.45) is -5.79. The molecule has 1 atom stereocenters. The lowest BCUT2D eigenvalue weighted by atomic mass is 10.1. The van der Waals surface area contributed by atoms with Gasteiger partial charge in [0, 0.05) is 11.6 Å². The third-order valence-corrected chi connectivity index (χ3v) is 6.66. The van der Waals surface area contributed by atoms with Gasteiger partial charge in [0.2, 0.25) is 10.0 Å². The maximum atomic E-state index is 13.4. The highest BCUT2D eigenvalue weighted by molar-refractivity contribution is 7.92. The number of rotatable bonds is 10. The molecule has 4 aromatic rings. The van der Waals surface area contributed by atoms with Gasteiger partial charge in [0.1, 0.15) is 29.0 Å². The molecule has 0 aliphatic rings. The van der Waals surface area contributed by atoms with Crippen molar-refractivity contribution in [1.82, 2.24) is 15.4 Å². The summed E-state index contributed by atoms with van der Waals surface area (Å²) in [5.41, 5.74) is 6.01. The number of hydrogen-bond donors (Lipinski definition) is 4. The normalized spacial score (nSPS) is 12.7. The Morgan fingerprint density at radius 1 is 1.18 bits per heavy atom. The molecule has 0 aliphatic heterocycles. The highest BCUT2D eigenvalue weighted by Crippen LogP contribution is 2.37. The minimum Gasteiger partial charge on any atom is -0.484 e. The smallest absolute Gasteiger partial charge is 0.404 e. The highest BCUT2D eigenvalue weighted by Gasteiger charge is 2.35. The van der Waals surface area contributed by atoms with Crippen molar-refractivity contribution in [3.8, 4) is 17.0 Å². The number of primary amides is 1. The van der Waals surface area contributed by atoms with E-state index in [0.29, 0.717) is 11.3 Å². The maximum absolute atomic E-state index is 13.4. The zero-order chi connectivity index (χ0) is 29.2. The van der Waals surface area contributed by atoms with Gasteiger partial charge in [-0.15, -0.1) is 0 Å².